The Hall–Kier alpha value is -1.85. The minimum atomic E-state index is -0.322. The van der Waals surface area contributed by atoms with Gasteiger partial charge in [0.15, 0.2) is 5.13 Å². The molecule has 0 saturated carbocycles. The van der Waals surface area contributed by atoms with E-state index in [2.05, 4.69) is 15.6 Å². The van der Waals surface area contributed by atoms with Crippen LogP contribution < -0.4 is 10.6 Å². The first-order chi connectivity index (χ1) is 9.54. The average Bonchev–Trinajstić information content (AvgIpc) is 2.68. The van der Waals surface area contributed by atoms with Crippen LogP contribution in [0.15, 0.2) is 30.5 Å². The van der Waals surface area contributed by atoms with Crippen molar-refractivity contribution in [3.8, 4) is 0 Å². The van der Waals surface area contributed by atoms with Crippen molar-refractivity contribution in [1.82, 2.24) is 10.3 Å². The zero-order valence-electron chi connectivity index (χ0n) is 11.1. The number of carbonyl (C=O) groups is 1. The average molecular weight is 308 g/mol. The van der Waals surface area contributed by atoms with Crippen molar-refractivity contribution in [2.24, 2.45) is 0 Å². The van der Waals surface area contributed by atoms with Crippen LogP contribution in [0.25, 0.3) is 6.08 Å². The Kier molecular flexibility index (Phi) is 4.76. The molecule has 104 valence electrons. The van der Waals surface area contributed by atoms with E-state index in [0.29, 0.717) is 10.2 Å². The zero-order chi connectivity index (χ0) is 14.5. The minimum absolute atomic E-state index is 0.322. The van der Waals surface area contributed by atoms with Gasteiger partial charge in [-0.3, -0.25) is 5.32 Å². The summed E-state index contributed by atoms with van der Waals surface area (Å²) in [6, 6.07) is 7.04. The molecule has 2 rings (SSSR count). The number of anilines is 1. The number of benzene rings is 1. The predicted octanol–water partition coefficient (Wildman–Crippen LogP) is 4.21. The van der Waals surface area contributed by atoms with E-state index in [9.17, 15) is 4.79 Å². The second-order valence-electron chi connectivity index (χ2n) is 4.15. The molecule has 0 saturated heterocycles. The number of thiazole rings is 1. The molecule has 2 aromatic rings. The van der Waals surface area contributed by atoms with Gasteiger partial charge in [-0.25, -0.2) is 9.78 Å². The third-order valence-electron chi connectivity index (χ3n) is 2.59. The van der Waals surface area contributed by atoms with Gasteiger partial charge < -0.3 is 5.32 Å². The summed E-state index contributed by atoms with van der Waals surface area (Å²) in [7, 11) is 0. The predicted molar refractivity (Wildman–Crippen MR) is 84.2 cm³/mol. The molecule has 6 heteroatoms. The summed E-state index contributed by atoms with van der Waals surface area (Å²) in [6.45, 7) is 3.88. The Morgan fingerprint density at radius 2 is 2.20 bits per heavy atom. The molecule has 2 amide bonds. The van der Waals surface area contributed by atoms with E-state index >= 15 is 0 Å². The summed E-state index contributed by atoms with van der Waals surface area (Å²) in [5.74, 6) is 0. The van der Waals surface area contributed by atoms with Crippen LogP contribution in [0.4, 0.5) is 9.93 Å². The Bertz CT molecular complexity index is 632. The van der Waals surface area contributed by atoms with E-state index in [0.717, 1.165) is 16.1 Å². The first-order valence-electron chi connectivity index (χ1n) is 5.98. The molecule has 0 radical (unpaired) electrons. The Morgan fingerprint density at radius 1 is 1.40 bits per heavy atom. The van der Waals surface area contributed by atoms with Crippen LogP contribution in [-0.4, -0.2) is 11.0 Å². The fraction of sp³-hybridized carbons (Fsp3) is 0.143. The van der Waals surface area contributed by atoms with Crippen molar-refractivity contribution in [1.29, 1.82) is 0 Å². The second-order valence-corrected chi connectivity index (χ2v) is 5.79. The lowest BCUT2D eigenvalue weighted by atomic mass is 10.2. The molecule has 4 nitrogen and oxygen atoms in total. The van der Waals surface area contributed by atoms with Gasteiger partial charge in [-0.05, 0) is 37.6 Å². The fourth-order valence-corrected chi connectivity index (χ4v) is 2.49. The molecular formula is C14H14ClN3OS. The Labute approximate surface area is 126 Å². The number of nitrogens with one attached hydrogen (secondary N) is 2. The van der Waals surface area contributed by atoms with Crippen LogP contribution in [0, 0.1) is 13.8 Å². The van der Waals surface area contributed by atoms with E-state index in [1.807, 2.05) is 32.0 Å². The summed E-state index contributed by atoms with van der Waals surface area (Å²) in [5, 5.41) is 6.55. The van der Waals surface area contributed by atoms with E-state index in [4.69, 9.17) is 11.6 Å². The van der Waals surface area contributed by atoms with Gasteiger partial charge in [-0.15, -0.1) is 11.3 Å². The van der Waals surface area contributed by atoms with Gasteiger partial charge >= 0.3 is 6.03 Å². The van der Waals surface area contributed by atoms with Crippen molar-refractivity contribution < 1.29 is 4.79 Å². The maximum absolute atomic E-state index is 11.7. The van der Waals surface area contributed by atoms with Gasteiger partial charge in [0.05, 0.1) is 5.69 Å². The SMILES string of the molecule is Cc1nc(NC(=O)N/C=C/c2cccc(Cl)c2)sc1C. The fourth-order valence-electron chi connectivity index (χ4n) is 1.48. The lowest BCUT2D eigenvalue weighted by Gasteiger charge is -2.00. The van der Waals surface area contributed by atoms with Gasteiger partial charge in [0, 0.05) is 16.1 Å². The number of rotatable bonds is 3. The van der Waals surface area contributed by atoms with Crippen LogP contribution in [0.1, 0.15) is 16.1 Å². The highest BCUT2D eigenvalue weighted by Gasteiger charge is 2.05. The molecule has 0 aliphatic heterocycles. The first-order valence-corrected chi connectivity index (χ1v) is 7.18. The molecule has 1 aromatic heterocycles. The number of nitrogens with zero attached hydrogens (tertiary/aromatic N) is 1. The largest absolute Gasteiger partial charge is 0.325 e. The summed E-state index contributed by atoms with van der Waals surface area (Å²) < 4.78 is 0. The van der Waals surface area contributed by atoms with E-state index in [1.165, 1.54) is 11.3 Å². The Balaban J connectivity index is 1.89. The molecule has 0 aliphatic rings. The van der Waals surface area contributed by atoms with Crippen LogP contribution in [0.5, 0.6) is 0 Å². The number of amides is 2. The summed E-state index contributed by atoms with van der Waals surface area (Å²) in [4.78, 5) is 17.0. The standard InChI is InChI=1S/C14H14ClN3OS/c1-9-10(2)20-14(17-9)18-13(19)16-7-6-11-4-3-5-12(15)8-11/h3-8H,1-2H3,(H2,16,17,18,19)/b7-6+. The number of hydrogen-bond acceptors (Lipinski definition) is 3. The molecule has 1 heterocycles. The number of carbonyl (C=O) groups excluding carboxylic acids is 1. The van der Waals surface area contributed by atoms with Gasteiger partial charge in [0.2, 0.25) is 0 Å². The van der Waals surface area contributed by atoms with Crippen molar-refractivity contribution in [3.05, 3.63) is 51.6 Å². The summed E-state index contributed by atoms with van der Waals surface area (Å²) in [5.41, 5.74) is 1.85. The topological polar surface area (TPSA) is 54.0 Å². The molecule has 0 atom stereocenters. The molecule has 0 aliphatic carbocycles. The summed E-state index contributed by atoms with van der Waals surface area (Å²) in [6.07, 6.45) is 3.33. The molecule has 2 N–H and O–H groups in total. The number of aryl methyl sites for hydroxylation is 2. The van der Waals surface area contributed by atoms with Crippen LogP contribution in [0.3, 0.4) is 0 Å². The molecular weight excluding hydrogens is 294 g/mol. The van der Waals surface area contributed by atoms with Gasteiger partial charge in [-0.2, -0.15) is 0 Å². The van der Waals surface area contributed by atoms with Crippen molar-refractivity contribution >= 4 is 40.2 Å². The van der Waals surface area contributed by atoms with Gasteiger partial charge in [0.25, 0.3) is 0 Å². The highest BCUT2D eigenvalue weighted by Crippen LogP contribution is 2.20. The highest BCUT2D eigenvalue weighted by molar-refractivity contribution is 7.15. The molecule has 0 fully saturated rings. The highest BCUT2D eigenvalue weighted by atomic mass is 35.5. The number of aromatic nitrogens is 1. The molecule has 0 spiro atoms. The van der Waals surface area contributed by atoms with Crippen LogP contribution in [-0.2, 0) is 0 Å². The van der Waals surface area contributed by atoms with E-state index < -0.39 is 0 Å². The normalized spacial score (nSPS) is 10.8. The van der Waals surface area contributed by atoms with Crippen molar-refractivity contribution in [3.63, 3.8) is 0 Å². The van der Waals surface area contributed by atoms with Gasteiger partial charge in [0.1, 0.15) is 0 Å². The Morgan fingerprint density at radius 3 is 2.85 bits per heavy atom. The smallest absolute Gasteiger partial charge is 0.314 e. The maximum atomic E-state index is 11.7. The monoisotopic (exact) mass is 307 g/mol. The molecule has 0 bridgehead atoms. The van der Waals surface area contributed by atoms with Crippen molar-refractivity contribution in [2.45, 2.75) is 13.8 Å². The van der Waals surface area contributed by atoms with Crippen LogP contribution in [0.2, 0.25) is 5.02 Å². The van der Waals surface area contributed by atoms with E-state index in [-0.39, 0.29) is 6.03 Å². The minimum Gasteiger partial charge on any atom is -0.314 e. The quantitative estimate of drug-likeness (QED) is 0.892. The second kappa shape index (κ2) is 6.54. The van der Waals surface area contributed by atoms with Gasteiger partial charge in [-0.1, -0.05) is 23.7 Å². The maximum Gasteiger partial charge on any atom is 0.325 e. The summed E-state index contributed by atoms with van der Waals surface area (Å²) >= 11 is 7.32. The molecule has 20 heavy (non-hydrogen) atoms. The zero-order valence-corrected chi connectivity index (χ0v) is 12.7. The van der Waals surface area contributed by atoms with Crippen molar-refractivity contribution in [2.75, 3.05) is 5.32 Å². The van der Waals surface area contributed by atoms with Crippen LogP contribution >= 0.6 is 22.9 Å². The first kappa shape index (κ1) is 14.6. The van der Waals surface area contributed by atoms with E-state index in [1.54, 1.807) is 18.3 Å². The lowest BCUT2D eigenvalue weighted by Crippen LogP contribution is -2.23. The lowest BCUT2D eigenvalue weighted by molar-refractivity contribution is 0.255. The number of urea groups is 1. The third-order valence-corrected chi connectivity index (χ3v) is 3.81. The third kappa shape index (κ3) is 4.08. The number of halogens is 1. The number of hydrogen-bond donors (Lipinski definition) is 2. The molecule has 1 aromatic carbocycles. The molecule has 0 unspecified atom stereocenters.